The number of nitrogens with zero attached hydrogens (tertiary/aromatic N) is 2. The topological polar surface area (TPSA) is 90.1 Å². The van der Waals surface area contributed by atoms with Gasteiger partial charge in [0, 0.05) is 28.9 Å². The molecule has 18 heavy (non-hydrogen) atoms. The number of hydrogen-bond acceptors (Lipinski definition) is 6. The lowest BCUT2D eigenvalue weighted by Crippen LogP contribution is -2.21. The monoisotopic (exact) mass is 272 g/mol. The predicted octanol–water partition coefficient (Wildman–Crippen LogP) is 1.03. The SMILES string of the molecule is CCCOc1ncnc(NCC(C)S(C)=O)c1N. The summed E-state index contributed by atoms with van der Waals surface area (Å²) in [6, 6.07) is 0. The van der Waals surface area contributed by atoms with Crippen molar-refractivity contribution in [1.82, 2.24) is 9.97 Å². The van der Waals surface area contributed by atoms with Crippen LogP contribution in [0.3, 0.4) is 0 Å². The molecular formula is C11H20N4O2S. The lowest BCUT2D eigenvalue weighted by Gasteiger charge is -2.13. The molecule has 0 spiro atoms. The van der Waals surface area contributed by atoms with Gasteiger partial charge < -0.3 is 15.8 Å². The van der Waals surface area contributed by atoms with E-state index in [0.29, 0.717) is 30.5 Å². The summed E-state index contributed by atoms with van der Waals surface area (Å²) < 4.78 is 16.6. The molecule has 1 rings (SSSR count). The fourth-order valence-electron chi connectivity index (χ4n) is 1.19. The summed E-state index contributed by atoms with van der Waals surface area (Å²) in [5, 5.41) is 3.09. The molecule has 0 saturated carbocycles. The van der Waals surface area contributed by atoms with E-state index in [4.69, 9.17) is 10.5 Å². The Morgan fingerprint density at radius 3 is 2.89 bits per heavy atom. The zero-order valence-electron chi connectivity index (χ0n) is 11.0. The fraction of sp³-hybridized carbons (Fsp3) is 0.636. The molecule has 1 aromatic heterocycles. The molecule has 0 aliphatic rings. The molecule has 0 aliphatic heterocycles. The molecule has 102 valence electrons. The lowest BCUT2D eigenvalue weighted by atomic mass is 10.4. The van der Waals surface area contributed by atoms with E-state index in [1.807, 2.05) is 13.8 Å². The van der Waals surface area contributed by atoms with Crippen LogP contribution in [-0.2, 0) is 10.8 Å². The van der Waals surface area contributed by atoms with Crippen molar-refractivity contribution in [3.8, 4) is 5.88 Å². The van der Waals surface area contributed by atoms with Crippen molar-refractivity contribution in [3.05, 3.63) is 6.33 Å². The minimum absolute atomic E-state index is 0.0272. The molecule has 0 amide bonds. The van der Waals surface area contributed by atoms with Crippen LogP contribution in [-0.4, -0.2) is 38.8 Å². The highest BCUT2D eigenvalue weighted by Gasteiger charge is 2.11. The van der Waals surface area contributed by atoms with Crippen molar-refractivity contribution in [2.75, 3.05) is 30.5 Å². The summed E-state index contributed by atoms with van der Waals surface area (Å²) in [7, 11) is -0.879. The Labute approximate surface area is 110 Å². The minimum atomic E-state index is -0.879. The van der Waals surface area contributed by atoms with E-state index in [-0.39, 0.29) is 5.25 Å². The zero-order valence-corrected chi connectivity index (χ0v) is 11.8. The highest BCUT2D eigenvalue weighted by atomic mass is 32.2. The van der Waals surface area contributed by atoms with E-state index >= 15 is 0 Å². The number of hydrogen-bond donors (Lipinski definition) is 2. The average molecular weight is 272 g/mol. The maximum absolute atomic E-state index is 11.2. The van der Waals surface area contributed by atoms with Crippen molar-refractivity contribution in [2.24, 2.45) is 0 Å². The summed E-state index contributed by atoms with van der Waals surface area (Å²) in [4.78, 5) is 8.03. The molecule has 7 heteroatoms. The molecule has 0 fully saturated rings. The van der Waals surface area contributed by atoms with Crippen molar-refractivity contribution in [1.29, 1.82) is 0 Å². The van der Waals surface area contributed by atoms with E-state index in [9.17, 15) is 4.21 Å². The molecule has 1 heterocycles. The number of nitrogen functional groups attached to an aromatic ring is 1. The molecule has 0 saturated heterocycles. The van der Waals surface area contributed by atoms with Gasteiger partial charge in [0.25, 0.3) is 0 Å². The van der Waals surface area contributed by atoms with Gasteiger partial charge in [0.15, 0.2) is 5.82 Å². The van der Waals surface area contributed by atoms with Crippen LogP contribution in [0.5, 0.6) is 5.88 Å². The van der Waals surface area contributed by atoms with Crippen LogP contribution >= 0.6 is 0 Å². The summed E-state index contributed by atoms with van der Waals surface area (Å²) in [6.07, 6.45) is 3.96. The molecule has 0 radical (unpaired) electrons. The van der Waals surface area contributed by atoms with Gasteiger partial charge in [0.05, 0.1) is 6.61 Å². The van der Waals surface area contributed by atoms with Gasteiger partial charge in [-0.1, -0.05) is 6.92 Å². The van der Waals surface area contributed by atoms with Gasteiger partial charge in [-0.2, -0.15) is 4.98 Å². The van der Waals surface area contributed by atoms with Crippen molar-refractivity contribution < 1.29 is 8.95 Å². The Balaban J connectivity index is 2.68. The van der Waals surface area contributed by atoms with Crippen LogP contribution in [0.4, 0.5) is 11.5 Å². The first-order valence-electron chi connectivity index (χ1n) is 5.85. The van der Waals surface area contributed by atoms with Gasteiger partial charge >= 0.3 is 0 Å². The Morgan fingerprint density at radius 1 is 1.56 bits per heavy atom. The second-order valence-electron chi connectivity index (χ2n) is 3.98. The van der Waals surface area contributed by atoms with Gasteiger partial charge in [0.1, 0.15) is 12.0 Å². The fourth-order valence-corrected chi connectivity index (χ4v) is 1.51. The van der Waals surface area contributed by atoms with Gasteiger partial charge in [-0.25, -0.2) is 4.98 Å². The Morgan fingerprint density at radius 2 is 2.28 bits per heavy atom. The van der Waals surface area contributed by atoms with Crippen LogP contribution in [0.25, 0.3) is 0 Å². The smallest absolute Gasteiger partial charge is 0.242 e. The van der Waals surface area contributed by atoms with Crippen LogP contribution < -0.4 is 15.8 Å². The van der Waals surface area contributed by atoms with E-state index in [1.165, 1.54) is 6.33 Å². The van der Waals surface area contributed by atoms with Crippen LogP contribution in [0.2, 0.25) is 0 Å². The molecule has 2 atom stereocenters. The van der Waals surface area contributed by atoms with E-state index in [1.54, 1.807) is 6.26 Å². The molecular weight excluding hydrogens is 252 g/mol. The number of ether oxygens (including phenoxy) is 1. The van der Waals surface area contributed by atoms with Crippen LogP contribution in [0.15, 0.2) is 6.33 Å². The molecule has 3 N–H and O–H groups in total. The Bertz CT molecular complexity index is 414. The maximum Gasteiger partial charge on any atom is 0.242 e. The highest BCUT2D eigenvalue weighted by Crippen LogP contribution is 2.24. The third kappa shape index (κ3) is 4.14. The summed E-state index contributed by atoms with van der Waals surface area (Å²) in [5.41, 5.74) is 6.29. The molecule has 2 unspecified atom stereocenters. The first-order valence-corrected chi connectivity index (χ1v) is 7.47. The average Bonchev–Trinajstić information content (AvgIpc) is 2.35. The molecule has 0 aromatic carbocycles. The third-order valence-electron chi connectivity index (χ3n) is 2.41. The quantitative estimate of drug-likeness (QED) is 0.770. The molecule has 1 aromatic rings. The number of nitrogens with two attached hydrogens (primary N) is 1. The van der Waals surface area contributed by atoms with Gasteiger partial charge in [0.2, 0.25) is 5.88 Å². The predicted molar refractivity (Wildman–Crippen MR) is 74.2 cm³/mol. The Kier molecular flexibility index (Phi) is 5.84. The summed E-state index contributed by atoms with van der Waals surface area (Å²) in [5.74, 6) is 0.910. The molecule has 0 aliphatic carbocycles. The van der Waals surface area contributed by atoms with E-state index in [2.05, 4.69) is 15.3 Å². The van der Waals surface area contributed by atoms with Gasteiger partial charge in [-0.05, 0) is 13.3 Å². The first-order chi connectivity index (χ1) is 8.56. The third-order valence-corrected chi connectivity index (χ3v) is 3.71. The maximum atomic E-state index is 11.2. The number of rotatable bonds is 7. The van der Waals surface area contributed by atoms with Gasteiger partial charge in [-0.3, -0.25) is 4.21 Å². The summed E-state index contributed by atoms with van der Waals surface area (Å²) >= 11 is 0. The largest absolute Gasteiger partial charge is 0.476 e. The van der Waals surface area contributed by atoms with Crippen molar-refractivity contribution in [2.45, 2.75) is 25.5 Å². The second-order valence-corrected chi connectivity index (χ2v) is 5.78. The Hall–Kier alpha value is -1.37. The lowest BCUT2D eigenvalue weighted by molar-refractivity contribution is 0.306. The van der Waals surface area contributed by atoms with E-state index < -0.39 is 10.8 Å². The zero-order chi connectivity index (χ0) is 13.5. The molecule has 6 nitrogen and oxygen atoms in total. The highest BCUT2D eigenvalue weighted by molar-refractivity contribution is 7.84. The first kappa shape index (κ1) is 14.7. The van der Waals surface area contributed by atoms with E-state index in [0.717, 1.165) is 6.42 Å². The van der Waals surface area contributed by atoms with Crippen LogP contribution in [0, 0.1) is 0 Å². The van der Waals surface area contributed by atoms with Crippen LogP contribution in [0.1, 0.15) is 20.3 Å². The van der Waals surface area contributed by atoms with Crippen molar-refractivity contribution >= 4 is 22.3 Å². The molecule has 0 bridgehead atoms. The second kappa shape index (κ2) is 7.15. The van der Waals surface area contributed by atoms with Crippen molar-refractivity contribution in [3.63, 3.8) is 0 Å². The normalized spacial score (nSPS) is 13.9. The number of anilines is 2. The summed E-state index contributed by atoms with van der Waals surface area (Å²) in [6.45, 7) is 5.01. The van der Waals surface area contributed by atoms with Gasteiger partial charge in [-0.15, -0.1) is 0 Å². The number of nitrogens with one attached hydrogen (secondary N) is 1. The minimum Gasteiger partial charge on any atom is -0.476 e. The standard InChI is InChI=1S/C11H20N4O2S/c1-4-5-17-11-9(12)10(14-7-15-11)13-6-8(2)18(3)16/h7-8H,4-6,12H2,1-3H3,(H,13,14,15). The number of aromatic nitrogens is 2.